The normalized spacial score (nSPS) is 25.2. The molecule has 2 heterocycles. The van der Waals surface area contributed by atoms with Crippen molar-refractivity contribution in [2.75, 3.05) is 40.1 Å². The van der Waals surface area contributed by atoms with Crippen LogP contribution in [-0.2, 0) is 23.8 Å². The fraction of sp³-hybridized carbons (Fsp3) is 0.769. The Hall–Kier alpha value is -1.25. The quantitative estimate of drug-likeness (QED) is 0.553. The minimum Gasteiger partial charge on any atom is -0.467 e. The molecule has 0 radical (unpaired) electrons. The van der Waals surface area contributed by atoms with Crippen molar-refractivity contribution in [1.29, 1.82) is 0 Å². The molecule has 0 spiro atoms. The number of ether oxygens (including phenoxy) is 3. The maximum atomic E-state index is 13.0. The molecule has 2 fully saturated rings. The zero-order chi connectivity index (χ0) is 15.5. The first-order valence-electron chi connectivity index (χ1n) is 6.87. The summed E-state index contributed by atoms with van der Waals surface area (Å²) in [5.41, 5.74) is 4.91. The molecule has 21 heavy (non-hydrogen) atoms. The molecule has 2 aliphatic heterocycles. The van der Waals surface area contributed by atoms with Gasteiger partial charge in [-0.1, -0.05) is 12.2 Å². The zero-order valence-corrected chi connectivity index (χ0v) is 12.8. The van der Waals surface area contributed by atoms with Crippen LogP contribution < -0.4 is 5.73 Å². The fourth-order valence-corrected chi connectivity index (χ4v) is 3.03. The number of amides is 1. The highest BCUT2D eigenvalue weighted by Crippen LogP contribution is 2.34. The Morgan fingerprint density at radius 3 is 2.52 bits per heavy atom. The highest BCUT2D eigenvalue weighted by atomic mass is 32.1. The number of nitrogens with two attached hydrogens (primary N) is 1. The summed E-state index contributed by atoms with van der Waals surface area (Å²) in [6, 6.07) is -0.745. The van der Waals surface area contributed by atoms with Gasteiger partial charge < -0.3 is 24.8 Å². The van der Waals surface area contributed by atoms with Crippen molar-refractivity contribution in [2.24, 2.45) is 11.1 Å². The van der Waals surface area contributed by atoms with Crippen LogP contribution in [0.15, 0.2) is 0 Å². The van der Waals surface area contributed by atoms with Crippen LogP contribution in [0.2, 0.25) is 0 Å². The molecule has 2 rings (SSSR count). The average molecular weight is 316 g/mol. The van der Waals surface area contributed by atoms with Crippen LogP contribution in [-0.4, -0.2) is 67.9 Å². The standard InChI is InChI=1S/C13H20N2O5S/c1-18-10(16)9-8-20-7-4-15(9)12(17)13(11(14)21)2-5-19-6-3-13/h9H,2-8H2,1H3,(H2,14,21). The first-order chi connectivity index (χ1) is 10.0. The van der Waals surface area contributed by atoms with Gasteiger partial charge in [-0.25, -0.2) is 4.79 Å². The Kier molecular flexibility index (Phi) is 5.13. The second kappa shape index (κ2) is 6.67. The summed E-state index contributed by atoms with van der Waals surface area (Å²) in [5.74, 6) is -0.717. The number of esters is 1. The van der Waals surface area contributed by atoms with E-state index in [1.807, 2.05) is 0 Å². The molecule has 1 unspecified atom stereocenters. The summed E-state index contributed by atoms with van der Waals surface area (Å²) in [6.45, 7) is 1.68. The van der Waals surface area contributed by atoms with Crippen LogP contribution in [0, 0.1) is 5.41 Å². The smallest absolute Gasteiger partial charge is 0.331 e. The zero-order valence-electron chi connectivity index (χ0n) is 12.0. The molecule has 2 saturated heterocycles. The Morgan fingerprint density at radius 2 is 1.95 bits per heavy atom. The average Bonchev–Trinajstić information content (AvgIpc) is 2.53. The van der Waals surface area contributed by atoms with Gasteiger partial charge in [-0.15, -0.1) is 0 Å². The molecule has 0 aliphatic carbocycles. The number of thiocarbonyl (C=S) groups is 1. The number of morpholine rings is 1. The lowest BCUT2D eigenvalue weighted by Gasteiger charge is -2.42. The van der Waals surface area contributed by atoms with E-state index in [9.17, 15) is 9.59 Å². The van der Waals surface area contributed by atoms with Gasteiger partial charge in [0, 0.05) is 19.8 Å². The van der Waals surface area contributed by atoms with Gasteiger partial charge in [-0.05, 0) is 12.8 Å². The summed E-state index contributed by atoms with van der Waals surface area (Å²) in [6.07, 6.45) is 0.874. The molecular formula is C13H20N2O5S. The van der Waals surface area contributed by atoms with Crippen molar-refractivity contribution in [3.05, 3.63) is 0 Å². The molecule has 0 aromatic rings. The molecule has 1 atom stereocenters. The van der Waals surface area contributed by atoms with E-state index in [2.05, 4.69) is 0 Å². The van der Waals surface area contributed by atoms with E-state index in [1.54, 1.807) is 0 Å². The van der Waals surface area contributed by atoms with Crippen LogP contribution >= 0.6 is 12.2 Å². The molecule has 118 valence electrons. The number of hydrogen-bond donors (Lipinski definition) is 1. The van der Waals surface area contributed by atoms with Gasteiger partial charge in [0.05, 0.1) is 25.3 Å². The van der Waals surface area contributed by atoms with Gasteiger partial charge in [0.2, 0.25) is 5.91 Å². The lowest BCUT2D eigenvalue weighted by Crippen LogP contribution is -2.60. The van der Waals surface area contributed by atoms with Crippen LogP contribution in [0.3, 0.4) is 0 Å². The topological polar surface area (TPSA) is 91.1 Å². The number of methoxy groups -OCH3 is 1. The lowest BCUT2D eigenvalue weighted by atomic mass is 9.78. The molecule has 0 aromatic carbocycles. The Labute approximate surface area is 128 Å². The molecule has 2 N–H and O–H groups in total. The van der Waals surface area contributed by atoms with Crippen LogP contribution in [0.1, 0.15) is 12.8 Å². The minimum absolute atomic E-state index is 0.127. The van der Waals surface area contributed by atoms with Gasteiger partial charge in [0.15, 0.2) is 6.04 Å². The summed E-state index contributed by atoms with van der Waals surface area (Å²) in [5, 5.41) is 0. The molecule has 1 amide bonds. The van der Waals surface area contributed by atoms with Crippen molar-refractivity contribution >= 4 is 29.1 Å². The van der Waals surface area contributed by atoms with Crippen molar-refractivity contribution in [1.82, 2.24) is 4.90 Å². The third kappa shape index (κ3) is 3.02. The summed E-state index contributed by atoms with van der Waals surface area (Å²) in [7, 11) is 1.29. The van der Waals surface area contributed by atoms with Crippen molar-refractivity contribution in [3.8, 4) is 0 Å². The monoisotopic (exact) mass is 316 g/mol. The summed E-state index contributed by atoms with van der Waals surface area (Å²) >= 11 is 5.13. The lowest BCUT2D eigenvalue weighted by molar-refractivity contribution is -0.165. The van der Waals surface area contributed by atoms with E-state index in [0.29, 0.717) is 39.2 Å². The van der Waals surface area contributed by atoms with E-state index >= 15 is 0 Å². The summed E-state index contributed by atoms with van der Waals surface area (Å²) < 4.78 is 15.3. The number of carbonyl (C=O) groups is 2. The van der Waals surface area contributed by atoms with E-state index in [-0.39, 0.29) is 17.5 Å². The van der Waals surface area contributed by atoms with E-state index in [1.165, 1.54) is 12.0 Å². The molecule has 0 bridgehead atoms. The minimum atomic E-state index is -0.933. The van der Waals surface area contributed by atoms with Crippen LogP contribution in [0.25, 0.3) is 0 Å². The molecule has 0 saturated carbocycles. The van der Waals surface area contributed by atoms with Crippen LogP contribution in [0.4, 0.5) is 0 Å². The predicted molar refractivity (Wildman–Crippen MR) is 77.6 cm³/mol. The van der Waals surface area contributed by atoms with Crippen molar-refractivity contribution < 1.29 is 23.8 Å². The van der Waals surface area contributed by atoms with Crippen LogP contribution in [0.5, 0.6) is 0 Å². The largest absolute Gasteiger partial charge is 0.467 e. The highest BCUT2D eigenvalue weighted by Gasteiger charge is 2.48. The highest BCUT2D eigenvalue weighted by molar-refractivity contribution is 7.80. The number of nitrogens with zero attached hydrogens (tertiary/aromatic N) is 1. The third-order valence-electron chi connectivity index (χ3n) is 4.09. The van der Waals surface area contributed by atoms with Gasteiger partial charge >= 0.3 is 5.97 Å². The number of rotatable bonds is 3. The van der Waals surface area contributed by atoms with E-state index < -0.39 is 17.4 Å². The SMILES string of the molecule is COC(=O)C1COCCN1C(=O)C1(C(N)=S)CCOCC1. The second-order valence-corrected chi connectivity index (χ2v) is 5.61. The predicted octanol–water partition coefficient (Wildman–Crippen LogP) is -0.530. The first kappa shape index (κ1) is 16.1. The van der Waals surface area contributed by atoms with Crippen molar-refractivity contribution in [3.63, 3.8) is 0 Å². The number of carbonyl (C=O) groups excluding carboxylic acids is 2. The Bertz CT molecular complexity index is 436. The van der Waals surface area contributed by atoms with Crippen molar-refractivity contribution in [2.45, 2.75) is 18.9 Å². The Balaban J connectivity index is 2.25. The van der Waals surface area contributed by atoms with Gasteiger partial charge in [0.1, 0.15) is 5.41 Å². The Morgan fingerprint density at radius 1 is 1.29 bits per heavy atom. The van der Waals surface area contributed by atoms with Gasteiger partial charge in [0.25, 0.3) is 0 Å². The van der Waals surface area contributed by atoms with Gasteiger partial charge in [-0.2, -0.15) is 0 Å². The molecule has 0 aromatic heterocycles. The fourth-order valence-electron chi connectivity index (χ4n) is 2.74. The van der Waals surface area contributed by atoms with Gasteiger partial charge in [-0.3, -0.25) is 4.79 Å². The maximum absolute atomic E-state index is 13.0. The van der Waals surface area contributed by atoms with E-state index in [0.717, 1.165) is 0 Å². The maximum Gasteiger partial charge on any atom is 0.331 e. The molecule has 8 heteroatoms. The number of hydrogen-bond acceptors (Lipinski definition) is 6. The second-order valence-electron chi connectivity index (χ2n) is 5.17. The van der Waals surface area contributed by atoms with E-state index in [4.69, 9.17) is 32.2 Å². The molecular weight excluding hydrogens is 296 g/mol. The molecule has 7 nitrogen and oxygen atoms in total. The molecule has 2 aliphatic rings. The first-order valence-corrected chi connectivity index (χ1v) is 7.28. The third-order valence-corrected chi connectivity index (χ3v) is 4.48. The summed E-state index contributed by atoms with van der Waals surface area (Å²) in [4.78, 5) is 26.5.